The minimum Gasteiger partial charge on any atom is -0.322 e. The maximum Gasteiger partial charge on any atom is 0.322 e. The molecule has 0 aliphatic heterocycles. The SMILES string of the molecule is CCN(C(=O)Nc1cccc(C(C)NC)c1)C(C)C. The second kappa shape index (κ2) is 7.14. The minimum absolute atomic E-state index is 0.0493. The van der Waals surface area contributed by atoms with Gasteiger partial charge in [0.1, 0.15) is 0 Å². The van der Waals surface area contributed by atoms with Gasteiger partial charge in [0.2, 0.25) is 0 Å². The van der Waals surface area contributed by atoms with Gasteiger partial charge in [-0.25, -0.2) is 4.79 Å². The molecular weight excluding hydrogens is 238 g/mol. The molecule has 0 spiro atoms. The first-order valence-corrected chi connectivity index (χ1v) is 6.84. The van der Waals surface area contributed by atoms with E-state index < -0.39 is 0 Å². The molecule has 0 fully saturated rings. The van der Waals surface area contributed by atoms with Gasteiger partial charge in [0.25, 0.3) is 0 Å². The maximum absolute atomic E-state index is 12.1. The van der Waals surface area contributed by atoms with Crippen LogP contribution < -0.4 is 10.6 Å². The second-order valence-electron chi connectivity index (χ2n) is 4.95. The number of carbonyl (C=O) groups excluding carboxylic acids is 1. The Bertz CT molecular complexity index is 418. The lowest BCUT2D eigenvalue weighted by molar-refractivity contribution is 0.201. The third-order valence-electron chi connectivity index (χ3n) is 3.30. The normalized spacial score (nSPS) is 12.3. The van der Waals surface area contributed by atoms with Crippen molar-refractivity contribution in [2.75, 3.05) is 18.9 Å². The lowest BCUT2D eigenvalue weighted by atomic mass is 10.1. The smallest absolute Gasteiger partial charge is 0.322 e. The Kier molecular flexibility index (Phi) is 5.83. The predicted molar refractivity (Wildman–Crippen MR) is 80.5 cm³/mol. The summed E-state index contributed by atoms with van der Waals surface area (Å²) in [5.41, 5.74) is 2.00. The Hall–Kier alpha value is -1.55. The van der Waals surface area contributed by atoms with E-state index in [2.05, 4.69) is 23.6 Å². The van der Waals surface area contributed by atoms with Gasteiger partial charge in [-0.05, 0) is 52.4 Å². The second-order valence-corrected chi connectivity index (χ2v) is 4.95. The summed E-state index contributed by atoms with van der Waals surface area (Å²) < 4.78 is 0. The van der Waals surface area contributed by atoms with Crippen molar-refractivity contribution in [3.05, 3.63) is 29.8 Å². The van der Waals surface area contributed by atoms with Gasteiger partial charge in [0, 0.05) is 24.3 Å². The molecule has 0 saturated carbocycles. The lowest BCUT2D eigenvalue weighted by Crippen LogP contribution is -2.39. The summed E-state index contributed by atoms with van der Waals surface area (Å²) in [7, 11) is 1.92. The number of nitrogens with zero attached hydrogens (tertiary/aromatic N) is 1. The van der Waals surface area contributed by atoms with Gasteiger partial charge in [-0.2, -0.15) is 0 Å². The van der Waals surface area contributed by atoms with Crippen LogP contribution in [0.2, 0.25) is 0 Å². The van der Waals surface area contributed by atoms with E-state index in [1.807, 2.05) is 46.0 Å². The van der Waals surface area contributed by atoms with Gasteiger partial charge in [-0.15, -0.1) is 0 Å². The molecular formula is C15H25N3O. The van der Waals surface area contributed by atoms with Gasteiger partial charge in [-0.3, -0.25) is 0 Å². The van der Waals surface area contributed by atoms with Gasteiger partial charge in [-0.1, -0.05) is 12.1 Å². The Morgan fingerprint density at radius 2 is 2.00 bits per heavy atom. The molecule has 0 aliphatic carbocycles. The molecule has 0 bridgehead atoms. The van der Waals surface area contributed by atoms with Crippen LogP contribution in [0.3, 0.4) is 0 Å². The number of amides is 2. The minimum atomic E-state index is -0.0493. The van der Waals surface area contributed by atoms with E-state index in [0.29, 0.717) is 6.54 Å². The van der Waals surface area contributed by atoms with Crippen molar-refractivity contribution >= 4 is 11.7 Å². The summed E-state index contributed by atoms with van der Waals surface area (Å²) in [5, 5.41) is 6.14. The monoisotopic (exact) mass is 263 g/mol. The molecule has 1 unspecified atom stereocenters. The van der Waals surface area contributed by atoms with Crippen molar-refractivity contribution < 1.29 is 4.79 Å². The summed E-state index contributed by atoms with van der Waals surface area (Å²) in [6, 6.07) is 8.35. The third kappa shape index (κ3) is 4.24. The molecule has 0 radical (unpaired) electrons. The highest BCUT2D eigenvalue weighted by molar-refractivity contribution is 5.89. The van der Waals surface area contributed by atoms with Crippen molar-refractivity contribution in [3.8, 4) is 0 Å². The molecule has 19 heavy (non-hydrogen) atoms. The molecule has 1 aromatic carbocycles. The molecule has 4 heteroatoms. The van der Waals surface area contributed by atoms with Crippen LogP contribution in [0.5, 0.6) is 0 Å². The van der Waals surface area contributed by atoms with Crippen LogP contribution in [0.4, 0.5) is 10.5 Å². The van der Waals surface area contributed by atoms with Gasteiger partial charge in [0.15, 0.2) is 0 Å². The maximum atomic E-state index is 12.1. The van der Waals surface area contributed by atoms with E-state index >= 15 is 0 Å². The van der Waals surface area contributed by atoms with E-state index in [9.17, 15) is 4.79 Å². The van der Waals surface area contributed by atoms with Crippen molar-refractivity contribution in [1.29, 1.82) is 0 Å². The predicted octanol–water partition coefficient (Wildman–Crippen LogP) is 3.23. The van der Waals surface area contributed by atoms with Crippen LogP contribution in [-0.4, -0.2) is 30.6 Å². The molecule has 1 aromatic rings. The third-order valence-corrected chi connectivity index (χ3v) is 3.30. The molecule has 2 N–H and O–H groups in total. The highest BCUT2D eigenvalue weighted by atomic mass is 16.2. The van der Waals surface area contributed by atoms with E-state index in [0.717, 1.165) is 11.3 Å². The average molecular weight is 263 g/mol. The zero-order valence-corrected chi connectivity index (χ0v) is 12.5. The lowest BCUT2D eigenvalue weighted by Gasteiger charge is -2.25. The largest absolute Gasteiger partial charge is 0.322 e. The van der Waals surface area contributed by atoms with Crippen LogP contribution in [-0.2, 0) is 0 Å². The van der Waals surface area contributed by atoms with Crippen LogP contribution in [0.15, 0.2) is 24.3 Å². The average Bonchev–Trinajstić information content (AvgIpc) is 2.38. The number of hydrogen-bond acceptors (Lipinski definition) is 2. The first-order chi connectivity index (χ1) is 8.99. The van der Waals surface area contributed by atoms with Gasteiger partial charge < -0.3 is 15.5 Å². The standard InChI is InChI=1S/C15H25N3O/c1-6-18(11(2)3)15(19)17-14-9-7-8-13(10-14)12(4)16-5/h7-12,16H,6H2,1-5H3,(H,17,19). The number of anilines is 1. The Balaban J connectivity index is 2.79. The Morgan fingerprint density at radius 1 is 1.32 bits per heavy atom. The fraction of sp³-hybridized carbons (Fsp3) is 0.533. The van der Waals surface area contributed by atoms with Gasteiger partial charge in [0.05, 0.1) is 0 Å². The first-order valence-electron chi connectivity index (χ1n) is 6.84. The van der Waals surface area contributed by atoms with Crippen molar-refractivity contribution in [1.82, 2.24) is 10.2 Å². The summed E-state index contributed by atoms with van der Waals surface area (Å²) in [5.74, 6) is 0. The zero-order chi connectivity index (χ0) is 14.4. The quantitative estimate of drug-likeness (QED) is 0.856. The molecule has 1 rings (SSSR count). The Labute approximate surface area is 116 Å². The molecule has 106 valence electrons. The van der Waals surface area contributed by atoms with Crippen LogP contribution >= 0.6 is 0 Å². The summed E-state index contributed by atoms with van der Waals surface area (Å²) in [6.07, 6.45) is 0. The number of rotatable bonds is 5. The van der Waals surface area contributed by atoms with Gasteiger partial charge >= 0.3 is 6.03 Å². The Morgan fingerprint density at radius 3 is 2.53 bits per heavy atom. The highest BCUT2D eigenvalue weighted by Crippen LogP contribution is 2.17. The zero-order valence-electron chi connectivity index (χ0n) is 12.5. The number of nitrogens with one attached hydrogen (secondary N) is 2. The highest BCUT2D eigenvalue weighted by Gasteiger charge is 2.15. The van der Waals surface area contributed by atoms with Crippen molar-refractivity contribution in [2.24, 2.45) is 0 Å². The molecule has 1 atom stereocenters. The number of urea groups is 1. The van der Waals surface area contributed by atoms with E-state index in [-0.39, 0.29) is 18.1 Å². The summed E-state index contributed by atoms with van der Waals surface area (Å²) in [4.78, 5) is 13.9. The molecule has 0 saturated heterocycles. The summed E-state index contributed by atoms with van der Waals surface area (Å²) in [6.45, 7) is 8.81. The fourth-order valence-corrected chi connectivity index (χ4v) is 1.99. The molecule has 2 amide bonds. The van der Waals surface area contributed by atoms with E-state index in [1.54, 1.807) is 4.90 Å². The number of benzene rings is 1. The molecule has 0 aliphatic rings. The topological polar surface area (TPSA) is 44.4 Å². The number of hydrogen-bond donors (Lipinski definition) is 2. The van der Waals surface area contributed by atoms with E-state index in [4.69, 9.17) is 0 Å². The fourth-order valence-electron chi connectivity index (χ4n) is 1.99. The van der Waals surface area contributed by atoms with Crippen molar-refractivity contribution in [2.45, 2.75) is 39.8 Å². The first kappa shape index (κ1) is 15.5. The molecule has 0 aromatic heterocycles. The van der Waals surface area contributed by atoms with E-state index in [1.165, 1.54) is 0 Å². The van der Waals surface area contributed by atoms with Crippen molar-refractivity contribution in [3.63, 3.8) is 0 Å². The molecule has 4 nitrogen and oxygen atoms in total. The van der Waals surface area contributed by atoms with Crippen LogP contribution in [0.1, 0.15) is 39.3 Å². The van der Waals surface area contributed by atoms with Crippen LogP contribution in [0, 0.1) is 0 Å². The summed E-state index contributed by atoms with van der Waals surface area (Å²) >= 11 is 0. The molecule has 0 heterocycles. The van der Waals surface area contributed by atoms with Crippen LogP contribution in [0.25, 0.3) is 0 Å². The number of carbonyl (C=O) groups is 1.